The van der Waals surface area contributed by atoms with Crippen LogP contribution in [0.3, 0.4) is 0 Å². The fourth-order valence-corrected chi connectivity index (χ4v) is 3.06. The Bertz CT molecular complexity index is 347. The van der Waals surface area contributed by atoms with Crippen molar-refractivity contribution in [2.24, 2.45) is 22.7 Å². The van der Waals surface area contributed by atoms with Gasteiger partial charge < -0.3 is 10.2 Å². The lowest BCUT2D eigenvalue weighted by atomic mass is 9.62. The first kappa shape index (κ1) is 19.9. The van der Waals surface area contributed by atoms with Crippen LogP contribution in [-0.2, 0) is 9.59 Å². The SMILES string of the molecule is CC(C)(C)C(CCCCCC(=O)O)C(C(=O)O)C(C)(C)C. The maximum absolute atomic E-state index is 11.7. The Hall–Kier alpha value is -1.06. The first-order valence-electron chi connectivity index (χ1n) is 7.82. The van der Waals surface area contributed by atoms with Crippen molar-refractivity contribution in [3.8, 4) is 0 Å². The highest BCUT2D eigenvalue weighted by Gasteiger charge is 2.42. The molecule has 0 aliphatic rings. The van der Waals surface area contributed by atoms with E-state index in [1.165, 1.54) is 0 Å². The molecule has 124 valence electrons. The lowest BCUT2D eigenvalue weighted by molar-refractivity contribution is -0.151. The lowest BCUT2D eigenvalue weighted by Gasteiger charge is -2.41. The van der Waals surface area contributed by atoms with Crippen molar-refractivity contribution in [1.82, 2.24) is 0 Å². The van der Waals surface area contributed by atoms with Gasteiger partial charge in [0.25, 0.3) is 0 Å². The van der Waals surface area contributed by atoms with Gasteiger partial charge in [-0.1, -0.05) is 54.4 Å². The highest BCUT2D eigenvalue weighted by Crippen LogP contribution is 2.44. The Morgan fingerprint density at radius 2 is 1.38 bits per heavy atom. The molecule has 0 spiro atoms. The number of hydrogen-bond acceptors (Lipinski definition) is 2. The van der Waals surface area contributed by atoms with Gasteiger partial charge in [0.1, 0.15) is 0 Å². The highest BCUT2D eigenvalue weighted by molar-refractivity contribution is 5.71. The molecule has 0 fully saturated rings. The van der Waals surface area contributed by atoms with Gasteiger partial charge in [-0.15, -0.1) is 0 Å². The zero-order valence-corrected chi connectivity index (χ0v) is 14.4. The summed E-state index contributed by atoms with van der Waals surface area (Å²) < 4.78 is 0. The standard InChI is InChI=1S/C17H32O4/c1-16(2,3)12(10-8-7-9-11-13(18)19)14(15(20)21)17(4,5)6/h12,14H,7-11H2,1-6H3,(H,18,19)(H,20,21). The van der Waals surface area contributed by atoms with E-state index in [1.807, 2.05) is 20.8 Å². The molecule has 0 aliphatic heterocycles. The highest BCUT2D eigenvalue weighted by atomic mass is 16.4. The maximum atomic E-state index is 11.7. The van der Waals surface area contributed by atoms with Crippen LogP contribution >= 0.6 is 0 Å². The topological polar surface area (TPSA) is 74.6 Å². The van der Waals surface area contributed by atoms with Crippen LogP contribution in [-0.4, -0.2) is 22.2 Å². The lowest BCUT2D eigenvalue weighted by Crippen LogP contribution is -2.41. The zero-order valence-electron chi connectivity index (χ0n) is 14.4. The van der Waals surface area contributed by atoms with Crippen LogP contribution in [0.5, 0.6) is 0 Å². The molecule has 0 amide bonds. The Kier molecular flexibility index (Phi) is 7.41. The first-order chi connectivity index (χ1) is 9.37. The van der Waals surface area contributed by atoms with E-state index in [0.29, 0.717) is 6.42 Å². The van der Waals surface area contributed by atoms with Crippen LogP contribution in [0, 0.1) is 22.7 Å². The Labute approximate surface area is 128 Å². The van der Waals surface area contributed by atoms with Crippen molar-refractivity contribution in [3.63, 3.8) is 0 Å². The minimum atomic E-state index is -0.763. The van der Waals surface area contributed by atoms with Gasteiger partial charge in [0, 0.05) is 6.42 Å². The molecular weight excluding hydrogens is 268 g/mol. The molecule has 4 heteroatoms. The van der Waals surface area contributed by atoms with Crippen molar-refractivity contribution in [2.75, 3.05) is 0 Å². The molecule has 0 bridgehead atoms. The van der Waals surface area contributed by atoms with Crippen molar-refractivity contribution in [3.05, 3.63) is 0 Å². The summed E-state index contributed by atoms with van der Waals surface area (Å²) in [5, 5.41) is 18.3. The molecule has 0 aromatic rings. The summed E-state index contributed by atoms with van der Waals surface area (Å²) in [6.07, 6.45) is 3.42. The van der Waals surface area contributed by atoms with Gasteiger partial charge in [0.15, 0.2) is 0 Å². The smallest absolute Gasteiger partial charge is 0.307 e. The van der Waals surface area contributed by atoms with E-state index in [4.69, 9.17) is 5.11 Å². The third-order valence-corrected chi connectivity index (χ3v) is 4.12. The van der Waals surface area contributed by atoms with Crippen LogP contribution in [0.25, 0.3) is 0 Å². The zero-order chi connectivity index (χ0) is 16.8. The van der Waals surface area contributed by atoms with Crippen molar-refractivity contribution in [2.45, 2.75) is 73.6 Å². The van der Waals surface area contributed by atoms with Crippen LogP contribution in [0.4, 0.5) is 0 Å². The maximum Gasteiger partial charge on any atom is 0.307 e. The molecule has 0 aromatic carbocycles. The molecule has 0 radical (unpaired) electrons. The molecule has 0 aromatic heterocycles. The summed E-state index contributed by atoms with van der Waals surface area (Å²) in [6.45, 7) is 12.2. The van der Waals surface area contributed by atoms with E-state index in [1.54, 1.807) is 0 Å². The third kappa shape index (κ3) is 7.49. The van der Waals surface area contributed by atoms with E-state index in [-0.39, 0.29) is 23.2 Å². The average molecular weight is 300 g/mol. The number of carboxylic acids is 2. The normalized spacial score (nSPS) is 15.5. The molecular formula is C17H32O4. The Balaban J connectivity index is 4.81. The molecule has 0 saturated heterocycles. The fourth-order valence-electron chi connectivity index (χ4n) is 3.06. The van der Waals surface area contributed by atoms with Gasteiger partial charge in [0.05, 0.1) is 5.92 Å². The van der Waals surface area contributed by atoms with Crippen LogP contribution in [0.15, 0.2) is 0 Å². The largest absolute Gasteiger partial charge is 0.481 e. The number of hydrogen-bond donors (Lipinski definition) is 2. The number of carbonyl (C=O) groups is 2. The second-order valence-electron chi connectivity index (χ2n) is 8.15. The van der Waals surface area contributed by atoms with Crippen LogP contribution < -0.4 is 0 Å². The summed E-state index contributed by atoms with van der Waals surface area (Å²) in [5.74, 6) is -1.80. The number of carboxylic acid groups (broad SMARTS) is 2. The van der Waals surface area contributed by atoms with E-state index in [9.17, 15) is 14.7 Å². The minimum Gasteiger partial charge on any atom is -0.481 e. The molecule has 0 rings (SSSR count). The Morgan fingerprint density at radius 3 is 1.71 bits per heavy atom. The van der Waals surface area contributed by atoms with Gasteiger partial charge in [-0.25, -0.2) is 0 Å². The summed E-state index contributed by atoms with van der Waals surface area (Å²) in [5.41, 5.74) is -0.367. The Morgan fingerprint density at radius 1 is 0.857 bits per heavy atom. The summed E-state index contributed by atoms with van der Waals surface area (Å²) in [7, 11) is 0. The first-order valence-corrected chi connectivity index (χ1v) is 7.82. The molecule has 2 unspecified atom stereocenters. The van der Waals surface area contributed by atoms with Crippen LogP contribution in [0.1, 0.15) is 73.6 Å². The second kappa shape index (κ2) is 7.81. The predicted octanol–water partition coefficient (Wildman–Crippen LogP) is 4.43. The van der Waals surface area contributed by atoms with Crippen molar-refractivity contribution in [1.29, 1.82) is 0 Å². The van der Waals surface area contributed by atoms with Gasteiger partial charge >= 0.3 is 11.9 Å². The average Bonchev–Trinajstić information content (AvgIpc) is 2.22. The second-order valence-corrected chi connectivity index (χ2v) is 8.15. The minimum absolute atomic E-state index is 0.0802. The fraction of sp³-hybridized carbons (Fsp3) is 0.882. The molecule has 21 heavy (non-hydrogen) atoms. The van der Waals surface area contributed by atoms with E-state index < -0.39 is 17.9 Å². The van der Waals surface area contributed by atoms with Crippen LogP contribution in [0.2, 0.25) is 0 Å². The summed E-state index contributed by atoms with van der Waals surface area (Å²) in [6, 6.07) is 0. The molecule has 0 aliphatic carbocycles. The van der Waals surface area contributed by atoms with Crippen molar-refractivity contribution >= 4 is 11.9 Å². The monoisotopic (exact) mass is 300 g/mol. The third-order valence-electron chi connectivity index (χ3n) is 4.12. The predicted molar refractivity (Wildman–Crippen MR) is 84.2 cm³/mol. The molecule has 2 N–H and O–H groups in total. The van der Waals surface area contributed by atoms with E-state index >= 15 is 0 Å². The molecule has 0 heterocycles. The summed E-state index contributed by atoms with van der Waals surface area (Å²) in [4.78, 5) is 22.2. The molecule has 0 saturated carbocycles. The van der Waals surface area contributed by atoms with Gasteiger partial charge in [-0.2, -0.15) is 0 Å². The quantitative estimate of drug-likeness (QED) is 0.650. The number of aliphatic carboxylic acids is 2. The number of rotatable bonds is 8. The number of unbranched alkanes of at least 4 members (excludes halogenated alkanes) is 2. The van der Waals surface area contributed by atoms with Gasteiger partial charge in [0.2, 0.25) is 0 Å². The molecule has 2 atom stereocenters. The van der Waals surface area contributed by atoms with E-state index in [2.05, 4.69) is 20.8 Å². The van der Waals surface area contributed by atoms with E-state index in [0.717, 1.165) is 19.3 Å². The molecule has 4 nitrogen and oxygen atoms in total. The van der Waals surface area contributed by atoms with Gasteiger partial charge in [-0.3, -0.25) is 9.59 Å². The summed E-state index contributed by atoms with van der Waals surface area (Å²) >= 11 is 0. The van der Waals surface area contributed by atoms with Crippen molar-refractivity contribution < 1.29 is 19.8 Å². The van der Waals surface area contributed by atoms with Gasteiger partial charge in [-0.05, 0) is 29.6 Å².